The number of hydrogen-bond donors (Lipinski definition) is 1. The van der Waals surface area contributed by atoms with Gasteiger partial charge in [-0.1, -0.05) is 6.07 Å². The first kappa shape index (κ1) is 16.7. The number of nitrogens with one attached hydrogen (secondary N) is 1. The predicted molar refractivity (Wildman–Crippen MR) is 94.8 cm³/mol. The maximum absolute atomic E-state index is 5.65. The zero-order chi connectivity index (χ0) is 16.9. The van der Waals surface area contributed by atoms with E-state index in [1.807, 2.05) is 24.4 Å². The Morgan fingerprint density at radius 1 is 1.12 bits per heavy atom. The van der Waals surface area contributed by atoms with E-state index >= 15 is 0 Å². The zero-order valence-electron chi connectivity index (χ0n) is 14.6. The zero-order valence-corrected chi connectivity index (χ0v) is 14.6. The third-order valence-electron chi connectivity index (χ3n) is 4.56. The van der Waals surface area contributed by atoms with Crippen LogP contribution in [0, 0.1) is 6.92 Å². The molecule has 2 heterocycles. The fourth-order valence-electron chi connectivity index (χ4n) is 3.29. The van der Waals surface area contributed by atoms with Crippen LogP contribution in [0.1, 0.15) is 22.9 Å². The Labute approximate surface area is 143 Å². The molecule has 0 amide bonds. The van der Waals surface area contributed by atoms with Crippen LogP contribution in [0.5, 0.6) is 11.5 Å². The molecule has 1 unspecified atom stereocenters. The van der Waals surface area contributed by atoms with E-state index in [0.717, 1.165) is 48.9 Å². The van der Waals surface area contributed by atoms with E-state index in [2.05, 4.69) is 29.3 Å². The molecule has 0 radical (unpaired) electrons. The fourth-order valence-corrected chi connectivity index (χ4v) is 3.29. The lowest BCUT2D eigenvalue weighted by Crippen LogP contribution is -2.45. The predicted octanol–water partition coefficient (Wildman–Crippen LogP) is 2.40. The summed E-state index contributed by atoms with van der Waals surface area (Å²) in [6.45, 7) is 6.02. The van der Waals surface area contributed by atoms with Gasteiger partial charge in [-0.05, 0) is 36.8 Å². The van der Waals surface area contributed by atoms with Crippen molar-refractivity contribution >= 4 is 0 Å². The highest BCUT2D eigenvalue weighted by Crippen LogP contribution is 2.37. The van der Waals surface area contributed by atoms with Crippen molar-refractivity contribution in [1.29, 1.82) is 0 Å². The second-order valence-corrected chi connectivity index (χ2v) is 6.00. The molecule has 1 aliphatic rings. The minimum absolute atomic E-state index is 0.0540. The van der Waals surface area contributed by atoms with E-state index in [0.29, 0.717) is 0 Å². The maximum atomic E-state index is 5.65. The molecule has 0 bridgehead atoms. The van der Waals surface area contributed by atoms with Crippen molar-refractivity contribution in [2.45, 2.75) is 13.0 Å². The van der Waals surface area contributed by atoms with E-state index in [1.54, 1.807) is 14.2 Å². The van der Waals surface area contributed by atoms with Crippen molar-refractivity contribution in [2.75, 3.05) is 40.4 Å². The second-order valence-electron chi connectivity index (χ2n) is 6.00. The lowest BCUT2D eigenvalue weighted by atomic mass is 9.96. The highest BCUT2D eigenvalue weighted by Gasteiger charge is 2.29. The topological polar surface area (TPSA) is 46.6 Å². The summed E-state index contributed by atoms with van der Waals surface area (Å²) in [6.07, 6.45) is 1.87. The summed E-state index contributed by atoms with van der Waals surface area (Å²) in [5, 5.41) is 3.42. The molecule has 5 heteroatoms. The first-order valence-corrected chi connectivity index (χ1v) is 8.33. The number of pyridine rings is 1. The molecule has 0 spiro atoms. The lowest BCUT2D eigenvalue weighted by Gasteiger charge is -2.36. The number of aromatic nitrogens is 1. The number of hydrogen-bond acceptors (Lipinski definition) is 5. The molecule has 2 aromatic rings. The standard InChI is InChI=1S/C19H25N3O2/c1-14-5-4-8-21-18(14)19(22-11-9-20-10-12-22)16-13-15(23-2)6-7-17(16)24-3/h4-8,13,19-20H,9-12H2,1-3H3. The average Bonchev–Trinajstić information content (AvgIpc) is 2.64. The quantitative estimate of drug-likeness (QED) is 0.914. The minimum atomic E-state index is 0.0540. The molecular weight excluding hydrogens is 302 g/mol. The number of methoxy groups -OCH3 is 2. The Hall–Kier alpha value is -2.11. The van der Waals surface area contributed by atoms with Gasteiger partial charge in [-0.2, -0.15) is 0 Å². The molecule has 1 aliphatic heterocycles. The van der Waals surface area contributed by atoms with Crippen LogP contribution in [0.25, 0.3) is 0 Å². The summed E-state index contributed by atoms with van der Waals surface area (Å²) in [7, 11) is 3.41. The van der Waals surface area contributed by atoms with Gasteiger partial charge in [0.25, 0.3) is 0 Å². The summed E-state index contributed by atoms with van der Waals surface area (Å²) in [4.78, 5) is 7.16. The van der Waals surface area contributed by atoms with Crippen molar-refractivity contribution in [1.82, 2.24) is 15.2 Å². The van der Waals surface area contributed by atoms with Crippen LogP contribution in [0.2, 0.25) is 0 Å². The van der Waals surface area contributed by atoms with E-state index in [9.17, 15) is 0 Å². The Bertz CT molecular complexity index is 684. The molecule has 3 rings (SSSR count). The van der Waals surface area contributed by atoms with Crippen LogP contribution in [0.15, 0.2) is 36.5 Å². The fraction of sp³-hybridized carbons (Fsp3) is 0.421. The number of benzene rings is 1. The number of aryl methyl sites for hydroxylation is 1. The Kier molecular flexibility index (Phi) is 5.33. The molecule has 1 aromatic carbocycles. The molecule has 5 nitrogen and oxygen atoms in total. The summed E-state index contributed by atoms with van der Waals surface area (Å²) in [6, 6.07) is 10.1. The minimum Gasteiger partial charge on any atom is -0.497 e. The molecule has 24 heavy (non-hydrogen) atoms. The van der Waals surface area contributed by atoms with E-state index in [4.69, 9.17) is 14.5 Å². The Morgan fingerprint density at radius 2 is 1.92 bits per heavy atom. The lowest BCUT2D eigenvalue weighted by molar-refractivity contribution is 0.192. The van der Waals surface area contributed by atoms with Gasteiger partial charge in [0.15, 0.2) is 0 Å². The van der Waals surface area contributed by atoms with Crippen molar-refractivity contribution in [3.05, 3.63) is 53.3 Å². The Morgan fingerprint density at radius 3 is 2.58 bits per heavy atom. The molecule has 128 valence electrons. The number of rotatable bonds is 5. The SMILES string of the molecule is COc1ccc(OC)c(C(c2ncccc2C)N2CCNCC2)c1. The normalized spacial score (nSPS) is 16.6. The van der Waals surface area contributed by atoms with Crippen molar-refractivity contribution in [2.24, 2.45) is 0 Å². The van der Waals surface area contributed by atoms with Gasteiger partial charge in [-0.3, -0.25) is 9.88 Å². The van der Waals surface area contributed by atoms with Crippen LogP contribution < -0.4 is 14.8 Å². The van der Waals surface area contributed by atoms with Crippen LogP contribution in [0.4, 0.5) is 0 Å². The highest BCUT2D eigenvalue weighted by atomic mass is 16.5. The summed E-state index contributed by atoms with van der Waals surface area (Å²) < 4.78 is 11.1. The van der Waals surface area contributed by atoms with Gasteiger partial charge in [0.05, 0.1) is 26.0 Å². The number of piperazine rings is 1. The van der Waals surface area contributed by atoms with Gasteiger partial charge < -0.3 is 14.8 Å². The first-order valence-electron chi connectivity index (χ1n) is 8.33. The van der Waals surface area contributed by atoms with Gasteiger partial charge in [0.1, 0.15) is 11.5 Å². The van der Waals surface area contributed by atoms with Gasteiger partial charge in [-0.15, -0.1) is 0 Å². The molecule has 1 fully saturated rings. The van der Waals surface area contributed by atoms with Crippen molar-refractivity contribution < 1.29 is 9.47 Å². The molecular formula is C19H25N3O2. The van der Waals surface area contributed by atoms with Gasteiger partial charge in [0, 0.05) is 37.9 Å². The molecule has 1 N–H and O–H groups in total. The third-order valence-corrected chi connectivity index (χ3v) is 4.56. The molecule has 1 saturated heterocycles. The largest absolute Gasteiger partial charge is 0.497 e. The van der Waals surface area contributed by atoms with Crippen LogP contribution >= 0.6 is 0 Å². The third kappa shape index (κ3) is 3.37. The first-order chi connectivity index (χ1) is 11.7. The summed E-state index contributed by atoms with van der Waals surface area (Å²) in [5.41, 5.74) is 3.36. The van der Waals surface area contributed by atoms with Gasteiger partial charge in [0.2, 0.25) is 0 Å². The highest BCUT2D eigenvalue weighted by molar-refractivity contribution is 5.46. The Balaban J connectivity index is 2.12. The van der Waals surface area contributed by atoms with Crippen molar-refractivity contribution in [3.63, 3.8) is 0 Å². The van der Waals surface area contributed by atoms with Gasteiger partial charge >= 0.3 is 0 Å². The smallest absolute Gasteiger partial charge is 0.124 e. The van der Waals surface area contributed by atoms with Gasteiger partial charge in [-0.25, -0.2) is 0 Å². The molecule has 0 aliphatic carbocycles. The van der Waals surface area contributed by atoms with E-state index in [1.165, 1.54) is 5.56 Å². The maximum Gasteiger partial charge on any atom is 0.124 e. The van der Waals surface area contributed by atoms with Crippen LogP contribution in [-0.2, 0) is 0 Å². The number of nitrogens with zero attached hydrogens (tertiary/aromatic N) is 2. The summed E-state index contributed by atoms with van der Waals surface area (Å²) in [5.74, 6) is 1.70. The summed E-state index contributed by atoms with van der Waals surface area (Å²) >= 11 is 0. The number of ether oxygens (including phenoxy) is 2. The van der Waals surface area contributed by atoms with E-state index < -0.39 is 0 Å². The second kappa shape index (κ2) is 7.64. The van der Waals surface area contributed by atoms with Crippen LogP contribution in [-0.4, -0.2) is 50.3 Å². The average molecular weight is 327 g/mol. The van der Waals surface area contributed by atoms with Crippen LogP contribution in [0.3, 0.4) is 0 Å². The molecule has 1 atom stereocenters. The molecule has 1 aromatic heterocycles. The van der Waals surface area contributed by atoms with E-state index in [-0.39, 0.29) is 6.04 Å². The van der Waals surface area contributed by atoms with Crippen molar-refractivity contribution in [3.8, 4) is 11.5 Å². The molecule has 0 saturated carbocycles. The monoisotopic (exact) mass is 327 g/mol.